The van der Waals surface area contributed by atoms with Gasteiger partial charge in [0.05, 0.1) is 11.3 Å². The summed E-state index contributed by atoms with van der Waals surface area (Å²) in [5.74, 6) is 0.831. The Morgan fingerprint density at radius 2 is 1.47 bits per heavy atom. The highest BCUT2D eigenvalue weighted by Gasteiger charge is 2.16. The summed E-state index contributed by atoms with van der Waals surface area (Å²) in [6, 6.07) is 37.1. The van der Waals surface area contributed by atoms with Crippen LogP contribution in [0.4, 0.5) is 5.69 Å². The molecule has 0 aliphatic heterocycles. The summed E-state index contributed by atoms with van der Waals surface area (Å²) in [5, 5.41) is 5.04. The maximum absolute atomic E-state index is 12.9. The number of hydrogen-bond acceptors (Lipinski definition) is 4. The van der Waals surface area contributed by atoms with Crippen LogP contribution < -0.4 is 10.1 Å². The molecule has 0 spiro atoms. The zero-order valence-corrected chi connectivity index (χ0v) is 19.3. The van der Waals surface area contributed by atoms with Crippen molar-refractivity contribution in [1.82, 2.24) is 4.98 Å². The Kier molecular flexibility index (Phi) is 5.64. The molecule has 1 N–H and O–H groups in total. The predicted octanol–water partition coefficient (Wildman–Crippen LogP) is 7.33. The van der Waals surface area contributed by atoms with E-state index in [1.807, 2.05) is 115 Å². The number of nitrogens with one attached hydrogen (secondary N) is 1. The second kappa shape index (κ2) is 9.39. The second-order valence-electron chi connectivity index (χ2n) is 8.40. The van der Waals surface area contributed by atoms with Gasteiger partial charge in [0.1, 0.15) is 11.3 Å². The molecule has 1 amide bonds. The Labute approximate surface area is 208 Å². The number of para-hydroxylation sites is 2. The Balaban J connectivity index is 1.24. The minimum absolute atomic E-state index is 0.129. The van der Waals surface area contributed by atoms with Crippen LogP contribution >= 0.6 is 0 Å². The van der Waals surface area contributed by atoms with Gasteiger partial charge < -0.3 is 14.5 Å². The lowest BCUT2D eigenvalue weighted by atomic mass is 10.1. The molecule has 6 aromatic rings. The van der Waals surface area contributed by atoms with Crippen LogP contribution in [0.2, 0.25) is 0 Å². The summed E-state index contributed by atoms with van der Waals surface area (Å²) in [7, 11) is 0. The lowest BCUT2D eigenvalue weighted by Gasteiger charge is -2.13. The lowest BCUT2D eigenvalue weighted by Crippen LogP contribution is -2.20. The zero-order valence-electron chi connectivity index (χ0n) is 19.3. The van der Waals surface area contributed by atoms with Crippen molar-refractivity contribution in [3.8, 4) is 28.3 Å². The summed E-state index contributed by atoms with van der Waals surface area (Å²) < 4.78 is 12.1. The third-order valence-corrected chi connectivity index (χ3v) is 6.04. The minimum atomic E-state index is -0.271. The van der Waals surface area contributed by atoms with E-state index in [4.69, 9.17) is 14.1 Å². The van der Waals surface area contributed by atoms with Gasteiger partial charge in [-0.05, 0) is 35.2 Å². The van der Waals surface area contributed by atoms with Gasteiger partial charge in [-0.2, -0.15) is 0 Å². The lowest BCUT2D eigenvalue weighted by molar-refractivity contribution is -0.118. The average molecular weight is 471 g/mol. The molecule has 5 aromatic carbocycles. The van der Waals surface area contributed by atoms with Gasteiger partial charge in [-0.3, -0.25) is 4.79 Å². The Bertz CT molecular complexity index is 1690. The highest BCUT2D eigenvalue weighted by Crippen LogP contribution is 2.33. The van der Waals surface area contributed by atoms with Gasteiger partial charge in [0.25, 0.3) is 5.91 Å². The van der Waals surface area contributed by atoms with Crippen molar-refractivity contribution in [1.29, 1.82) is 0 Å². The van der Waals surface area contributed by atoms with Gasteiger partial charge >= 0.3 is 0 Å². The van der Waals surface area contributed by atoms with Crippen LogP contribution in [0.1, 0.15) is 0 Å². The molecular weight excluding hydrogens is 448 g/mol. The monoisotopic (exact) mass is 470 g/mol. The van der Waals surface area contributed by atoms with E-state index in [-0.39, 0.29) is 12.5 Å². The zero-order chi connectivity index (χ0) is 24.3. The molecule has 0 unspecified atom stereocenters. The first-order valence-corrected chi connectivity index (χ1v) is 11.7. The Hall–Kier alpha value is -4.90. The molecule has 1 aromatic heterocycles. The first-order chi connectivity index (χ1) is 17.8. The summed E-state index contributed by atoms with van der Waals surface area (Å²) in [4.78, 5) is 17.6. The topological polar surface area (TPSA) is 64.4 Å². The summed E-state index contributed by atoms with van der Waals surface area (Å²) in [5.41, 5.74) is 4.78. The third kappa shape index (κ3) is 4.18. The number of fused-ring (bicyclic) bond motifs is 3. The molecule has 0 saturated heterocycles. The maximum atomic E-state index is 12.9. The number of ether oxygens (including phenoxy) is 1. The van der Waals surface area contributed by atoms with E-state index in [9.17, 15) is 4.79 Å². The van der Waals surface area contributed by atoms with E-state index < -0.39 is 0 Å². The molecular formula is C31H22N2O3. The van der Waals surface area contributed by atoms with Crippen LogP contribution in [0, 0.1) is 0 Å². The summed E-state index contributed by atoms with van der Waals surface area (Å²) in [6.45, 7) is -0.129. The SMILES string of the molecule is O=C(COc1ccccc1-c1ccccc1)Nc1ccccc1-c1nc2ccc3ccccc3c2o1. The van der Waals surface area contributed by atoms with Gasteiger partial charge in [0, 0.05) is 10.9 Å². The van der Waals surface area contributed by atoms with E-state index in [0.717, 1.165) is 33.0 Å². The van der Waals surface area contributed by atoms with Crippen LogP contribution in [0.15, 0.2) is 120 Å². The van der Waals surface area contributed by atoms with E-state index in [0.29, 0.717) is 22.9 Å². The first-order valence-electron chi connectivity index (χ1n) is 11.7. The Morgan fingerprint density at radius 1 is 0.750 bits per heavy atom. The largest absolute Gasteiger partial charge is 0.483 e. The van der Waals surface area contributed by atoms with E-state index in [1.165, 1.54) is 0 Å². The number of benzene rings is 5. The van der Waals surface area contributed by atoms with Crippen molar-refractivity contribution >= 4 is 33.5 Å². The van der Waals surface area contributed by atoms with Gasteiger partial charge in [0.15, 0.2) is 12.2 Å². The highest BCUT2D eigenvalue weighted by molar-refractivity contribution is 6.04. The van der Waals surface area contributed by atoms with E-state index >= 15 is 0 Å². The van der Waals surface area contributed by atoms with E-state index in [2.05, 4.69) is 5.32 Å². The fourth-order valence-electron chi connectivity index (χ4n) is 4.33. The fraction of sp³-hybridized carbons (Fsp3) is 0.0323. The van der Waals surface area contributed by atoms with Crippen molar-refractivity contribution < 1.29 is 13.9 Å². The van der Waals surface area contributed by atoms with Crippen molar-refractivity contribution in [2.45, 2.75) is 0 Å². The van der Waals surface area contributed by atoms with Gasteiger partial charge in [-0.1, -0.05) is 91.0 Å². The molecule has 0 aliphatic carbocycles. The molecule has 5 nitrogen and oxygen atoms in total. The van der Waals surface area contributed by atoms with Crippen LogP contribution in [0.5, 0.6) is 5.75 Å². The molecule has 6 rings (SSSR count). The molecule has 0 radical (unpaired) electrons. The smallest absolute Gasteiger partial charge is 0.262 e. The molecule has 0 saturated carbocycles. The molecule has 174 valence electrons. The summed E-state index contributed by atoms with van der Waals surface area (Å²) >= 11 is 0. The number of nitrogens with zero attached hydrogens (tertiary/aromatic N) is 1. The molecule has 0 bridgehead atoms. The van der Waals surface area contributed by atoms with Crippen LogP contribution in [-0.2, 0) is 4.79 Å². The standard InChI is InChI=1S/C31H22N2O3/c34-29(20-35-28-17-9-7-13-23(28)21-10-2-1-3-11-21)32-26-16-8-6-15-25(26)31-33-27-19-18-22-12-4-5-14-24(22)30(27)36-31/h1-19H,20H2,(H,32,34). The predicted molar refractivity (Wildman–Crippen MR) is 143 cm³/mol. The molecule has 36 heavy (non-hydrogen) atoms. The maximum Gasteiger partial charge on any atom is 0.262 e. The number of carbonyl (C=O) groups excluding carboxylic acids is 1. The normalized spacial score (nSPS) is 11.0. The van der Waals surface area contributed by atoms with Gasteiger partial charge in [-0.15, -0.1) is 0 Å². The summed E-state index contributed by atoms with van der Waals surface area (Å²) in [6.07, 6.45) is 0. The number of carbonyl (C=O) groups is 1. The average Bonchev–Trinajstić information content (AvgIpc) is 3.38. The van der Waals surface area contributed by atoms with Crippen molar-refractivity contribution in [2.24, 2.45) is 0 Å². The second-order valence-corrected chi connectivity index (χ2v) is 8.40. The van der Waals surface area contributed by atoms with E-state index in [1.54, 1.807) is 0 Å². The van der Waals surface area contributed by atoms with Crippen LogP contribution in [0.3, 0.4) is 0 Å². The van der Waals surface area contributed by atoms with Gasteiger partial charge in [0.2, 0.25) is 5.89 Å². The number of hydrogen-bond donors (Lipinski definition) is 1. The third-order valence-electron chi connectivity index (χ3n) is 6.04. The van der Waals surface area contributed by atoms with Crippen LogP contribution in [-0.4, -0.2) is 17.5 Å². The molecule has 5 heteroatoms. The molecule has 0 atom stereocenters. The number of amides is 1. The fourth-order valence-corrected chi connectivity index (χ4v) is 4.33. The van der Waals surface area contributed by atoms with Gasteiger partial charge in [-0.25, -0.2) is 4.98 Å². The van der Waals surface area contributed by atoms with Crippen LogP contribution in [0.25, 0.3) is 44.5 Å². The molecule has 0 fully saturated rings. The number of aromatic nitrogens is 1. The quantitative estimate of drug-likeness (QED) is 0.277. The number of anilines is 1. The molecule has 0 aliphatic rings. The van der Waals surface area contributed by atoms with Crippen molar-refractivity contribution in [3.05, 3.63) is 115 Å². The molecule has 1 heterocycles. The highest BCUT2D eigenvalue weighted by atomic mass is 16.5. The van der Waals surface area contributed by atoms with Crippen molar-refractivity contribution in [2.75, 3.05) is 11.9 Å². The number of rotatable bonds is 6. The minimum Gasteiger partial charge on any atom is -0.483 e. The first kappa shape index (κ1) is 21.6. The Morgan fingerprint density at radius 3 is 2.36 bits per heavy atom. The number of oxazole rings is 1. The van der Waals surface area contributed by atoms with Crippen molar-refractivity contribution in [3.63, 3.8) is 0 Å².